The molecule has 2 atom stereocenters. The molecule has 110 valence electrons. The van der Waals surface area contributed by atoms with Gasteiger partial charge in [-0.05, 0) is 31.4 Å². The number of anilines is 1. The number of methoxy groups -OCH3 is 1. The first-order valence-corrected chi connectivity index (χ1v) is 6.82. The number of carbonyl (C=O) groups is 2. The molecule has 1 aromatic rings. The lowest BCUT2D eigenvalue weighted by Crippen LogP contribution is -2.29. The largest absolute Gasteiger partial charge is 0.464 e. The highest BCUT2D eigenvalue weighted by Crippen LogP contribution is 2.32. The average molecular weight is 279 g/mol. The van der Waals surface area contributed by atoms with Gasteiger partial charge in [0.25, 0.3) is 0 Å². The molecule has 0 aliphatic heterocycles. The molecule has 20 heavy (non-hydrogen) atoms. The normalized spacial score (nSPS) is 21.8. The van der Waals surface area contributed by atoms with Gasteiger partial charge in [-0.3, -0.25) is 4.79 Å². The third-order valence-electron chi connectivity index (χ3n) is 3.97. The summed E-state index contributed by atoms with van der Waals surface area (Å²) in [6, 6.07) is 1.62. The number of aromatic nitrogens is 1. The fourth-order valence-corrected chi connectivity index (χ4v) is 2.84. The lowest BCUT2D eigenvalue weighted by atomic mass is 9.95. The Morgan fingerprint density at radius 2 is 2.25 bits per heavy atom. The monoisotopic (exact) mass is 279 g/mol. The topological polar surface area (TPSA) is 86.3 Å². The lowest BCUT2D eigenvalue weighted by Gasteiger charge is -2.16. The lowest BCUT2D eigenvalue weighted by molar-refractivity contribution is -0.120. The third kappa shape index (κ3) is 2.85. The van der Waals surface area contributed by atoms with Crippen LogP contribution in [0.5, 0.6) is 0 Å². The van der Waals surface area contributed by atoms with Gasteiger partial charge < -0.3 is 20.4 Å². The second-order valence-electron chi connectivity index (χ2n) is 5.24. The van der Waals surface area contributed by atoms with Crippen LogP contribution in [0.3, 0.4) is 0 Å². The molecule has 2 rings (SSSR count). The molecular weight excluding hydrogens is 258 g/mol. The van der Waals surface area contributed by atoms with Crippen LogP contribution in [0.1, 0.15) is 29.8 Å². The van der Waals surface area contributed by atoms with E-state index in [4.69, 9.17) is 5.73 Å². The first kappa shape index (κ1) is 14.6. The summed E-state index contributed by atoms with van der Waals surface area (Å²) in [4.78, 5) is 23.8. The fourth-order valence-electron chi connectivity index (χ4n) is 2.84. The van der Waals surface area contributed by atoms with E-state index >= 15 is 0 Å². The van der Waals surface area contributed by atoms with Crippen LogP contribution < -0.4 is 11.1 Å². The molecule has 0 aromatic carbocycles. The SMILES string of the molecule is COC(=O)c1cc(NC(=O)[C@@H]2CCC[C@@H]2CN)cn1C. The van der Waals surface area contributed by atoms with Gasteiger partial charge >= 0.3 is 5.97 Å². The molecule has 1 fully saturated rings. The number of nitrogens with one attached hydrogen (secondary N) is 1. The number of hydrogen-bond acceptors (Lipinski definition) is 4. The molecule has 3 N–H and O–H groups in total. The maximum Gasteiger partial charge on any atom is 0.354 e. The molecule has 6 nitrogen and oxygen atoms in total. The Bertz CT molecular complexity index is 510. The number of esters is 1. The van der Waals surface area contributed by atoms with E-state index in [1.165, 1.54) is 7.11 Å². The Morgan fingerprint density at radius 1 is 1.50 bits per heavy atom. The number of nitrogens with zero attached hydrogens (tertiary/aromatic N) is 1. The van der Waals surface area contributed by atoms with Crippen molar-refractivity contribution in [1.29, 1.82) is 0 Å². The predicted octanol–water partition coefficient (Wildman–Crippen LogP) is 1.13. The summed E-state index contributed by atoms with van der Waals surface area (Å²) in [6.07, 6.45) is 4.64. The van der Waals surface area contributed by atoms with Crippen molar-refractivity contribution in [3.63, 3.8) is 0 Å². The molecule has 1 saturated carbocycles. The molecule has 1 amide bonds. The second-order valence-corrected chi connectivity index (χ2v) is 5.24. The molecule has 0 bridgehead atoms. The van der Waals surface area contributed by atoms with Crippen molar-refractivity contribution in [1.82, 2.24) is 4.57 Å². The van der Waals surface area contributed by atoms with E-state index in [1.807, 2.05) is 0 Å². The van der Waals surface area contributed by atoms with E-state index in [1.54, 1.807) is 23.9 Å². The van der Waals surface area contributed by atoms with Crippen molar-refractivity contribution in [3.05, 3.63) is 18.0 Å². The van der Waals surface area contributed by atoms with Gasteiger partial charge in [0.1, 0.15) is 5.69 Å². The number of nitrogens with two attached hydrogens (primary N) is 1. The molecule has 6 heteroatoms. The highest BCUT2D eigenvalue weighted by Gasteiger charge is 2.32. The van der Waals surface area contributed by atoms with Gasteiger partial charge in [-0.25, -0.2) is 4.79 Å². The van der Waals surface area contributed by atoms with Gasteiger partial charge in [0.05, 0.1) is 12.8 Å². The molecule has 1 heterocycles. The van der Waals surface area contributed by atoms with Crippen LogP contribution in [0, 0.1) is 11.8 Å². The molecule has 0 saturated heterocycles. The van der Waals surface area contributed by atoms with Gasteiger partial charge in [-0.2, -0.15) is 0 Å². The summed E-state index contributed by atoms with van der Waals surface area (Å²) >= 11 is 0. The molecule has 0 spiro atoms. The van der Waals surface area contributed by atoms with Gasteiger partial charge in [0.2, 0.25) is 5.91 Å². The zero-order valence-corrected chi connectivity index (χ0v) is 11.9. The molecule has 0 radical (unpaired) electrons. The first-order valence-electron chi connectivity index (χ1n) is 6.82. The molecule has 1 aliphatic carbocycles. The zero-order chi connectivity index (χ0) is 14.7. The minimum atomic E-state index is -0.422. The van der Waals surface area contributed by atoms with E-state index in [9.17, 15) is 9.59 Å². The molecule has 0 unspecified atom stereocenters. The second kappa shape index (κ2) is 6.09. The van der Waals surface area contributed by atoms with Crippen LogP contribution in [-0.2, 0) is 16.6 Å². The van der Waals surface area contributed by atoms with Crippen LogP contribution in [0.4, 0.5) is 5.69 Å². The van der Waals surface area contributed by atoms with Crippen LogP contribution in [0.15, 0.2) is 12.3 Å². The highest BCUT2D eigenvalue weighted by atomic mass is 16.5. The summed E-state index contributed by atoms with van der Waals surface area (Å²) in [5.74, 6) is -0.200. The Morgan fingerprint density at radius 3 is 2.90 bits per heavy atom. The van der Waals surface area contributed by atoms with E-state index in [0.717, 1.165) is 19.3 Å². The Hall–Kier alpha value is -1.82. The van der Waals surface area contributed by atoms with Gasteiger partial charge in [0, 0.05) is 19.2 Å². The summed E-state index contributed by atoms with van der Waals surface area (Å²) in [7, 11) is 3.07. The Kier molecular flexibility index (Phi) is 4.44. The molecule has 1 aromatic heterocycles. The average Bonchev–Trinajstić information content (AvgIpc) is 3.04. The van der Waals surface area contributed by atoms with Crippen molar-refractivity contribution < 1.29 is 14.3 Å². The van der Waals surface area contributed by atoms with Gasteiger partial charge in [-0.1, -0.05) is 6.42 Å². The Labute approximate surface area is 118 Å². The van der Waals surface area contributed by atoms with Crippen LogP contribution >= 0.6 is 0 Å². The third-order valence-corrected chi connectivity index (χ3v) is 3.97. The van der Waals surface area contributed by atoms with Crippen molar-refractivity contribution in [2.24, 2.45) is 24.6 Å². The number of carbonyl (C=O) groups excluding carboxylic acids is 2. The Balaban J connectivity index is 2.06. The van der Waals surface area contributed by atoms with Crippen LogP contribution in [0.25, 0.3) is 0 Å². The van der Waals surface area contributed by atoms with Crippen molar-refractivity contribution in [3.8, 4) is 0 Å². The van der Waals surface area contributed by atoms with Crippen LogP contribution in [0.2, 0.25) is 0 Å². The minimum Gasteiger partial charge on any atom is -0.464 e. The van der Waals surface area contributed by atoms with Crippen molar-refractivity contribution in [2.45, 2.75) is 19.3 Å². The standard InChI is InChI=1S/C14H21N3O3/c1-17-8-10(6-12(17)14(19)20-2)16-13(18)11-5-3-4-9(11)7-15/h6,8-9,11H,3-5,7,15H2,1-2H3,(H,16,18)/t9-,11-/m1/s1. The molecule has 1 aliphatic rings. The van der Waals surface area contributed by atoms with Gasteiger partial charge in [0.15, 0.2) is 0 Å². The summed E-state index contributed by atoms with van der Waals surface area (Å²) < 4.78 is 6.32. The number of hydrogen-bond donors (Lipinski definition) is 2. The maximum atomic E-state index is 12.3. The fraction of sp³-hybridized carbons (Fsp3) is 0.571. The summed E-state index contributed by atoms with van der Waals surface area (Å²) in [5.41, 5.74) is 6.71. The van der Waals surface area contributed by atoms with E-state index < -0.39 is 5.97 Å². The van der Waals surface area contributed by atoms with Crippen molar-refractivity contribution >= 4 is 17.6 Å². The van der Waals surface area contributed by atoms with E-state index in [2.05, 4.69) is 10.1 Å². The first-order chi connectivity index (χ1) is 9.56. The number of ether oxygens (including phenoxy) is 1. The zero-order valence-electron chi connectivity index (χ0n) is 11.9. The summed E-state index contributed by atoms with van der Waals surface area (Å²) in [6.45, 7) is 0.542. The number of aryl methyl sites for hydroxylation is 1. The van der Waals surface area contributed by atoms with Crippen molar-refractivity contribution in [2.75, 3.05) is 19.0 Å². The maximum absolute atomic E-state index is 12.3. The van der Waals surface area contributed by atoms with Crippen LogP contribution in [-0.4, -0.2) is 30.1 Å². The minimum absolute atomic E-state index is 0.0139. The van der Waals surface area contributed by atoms with Gasteiger partial charge in [-0.15, -0.1) is 0 Å². The van der Waals surface area contributed by atoms with E-state index in [-0.39, 0.29) is 17.7 Å². The summed E-state index contributed by atoms with van der Waals surface area (Å²) in [5, 5.41) is 2.87. The highest BCUT2D eigenvalue weighted by molar-refractivity contribution is 5.95. The smallest absolute Gasteiger partial charge is 0.354 e. The number of rotatable bonds is 4. The van der Waals surface area contributed by atoms with E-state index in [0.29, 0.717) is 17.9 Å². The quantitative estimate of drug-likeness (QED) is 0.809. The predicted molar refractivity (Wildman–Crippen MR) is 75.3 cm³/mol. The number of amides is 1. The molecular formula is C14H21N3O3.